The van der Waals surface area contributed by atoms with E-state index in [0.717, 1.165) is 38.4 Å². The maximum atomic E-state index is 12.5. The van der Waals surface area contributed by atoms with Gasteiger partial charge in [-0.15, -0.1) is 0 Å². The SMILES string of the molecule is COc1ccc(S(=O)(=O)NCc2ccc(CN3CCOCC3)cc2)cc1Cl. The number of nitrogens with zero attached hydrogens (tertiary/aromatic N) is 1. The molecule has 3 rings (SSSR count). The maximum Gasteiger partial charge on any atom is 0.240 e. The molecule has 0 unspecified atom stereocenters. The molecule has 0 aromatic heterocycles. The largest absolute Gasteiger partial charge is 0.495 e. The first kappa shape index (κ1) is 20.1. The summed E-state index contributed by atoms with van der Waals surface area (Å²) in [7, 11) is -2.17. The molecule has 0 saturated carbocycles. The standard InChI is InChI=1S/C19H23ClN2O4S/c1-25-19-7-6-17(12-18(19)20)27(23,24)21-13-15-2-4-16(5-3-15)14-22-8-10-26-11-9-22/h2-7,12,21H,8-11,13-14H2,1H3. The average molecular weight is 411 g/mol. The van der Waals surface area contributed by atoms with Gasteiger partial charge in [0.2, 0.25) is 10.0 Å². The Hall–Kier alpha value is -1.64. The fourth-order valence-corrected chi connectivity index (χ4v) is 4.22. The first-order valence-corrected chi connectivity index (χ1v) is 10.6. The number of methoxy groups -OCH3 is 1. The van der Waals surface area contributed by atoms with Gasteiger partial charge in [0.15, 0.2) is 0 Å². The van der Waals surface area contributed by atoms with Gasteiger partial charge in [-0.25, -0.2) is 13.1 Å². The normalized spacial score (nSPS) is 15.6. The second kappa shape index (κ2) is 9.03. The molecular formula is C19H23ClN2O4S. The number of halogens is 1. The molecule has 1 heterocycles. The van der Waals surface area contributed by atoms with Gasteiger partial charge < -0.3 is 9.47 Å². The lowest BCUT2D eigenvalue weighted by Crippen LogP contribution is -2.35. The van der Waals surface area contributed by atoms with E-state index in [1.54, 1.807) is 0 Å². The van der Waals surface area contributed by atoms with Gasteiger partial charge in [0, 0.05) is 26.2 Å². The highest BCUT2D eigenvalue weighted by Gasteiger charge is 2.16. The van der Waals surface area contributed by atoms with E-state index in [2.05, 4.69) is 9.62 Å². The van der Waals surface area contributed by atoms with Crippen molar-refractivity contribution in [3.05, 3.63) is 58.6 Å². The molecule has 1 fully saturated rings. The number of ether oxygens (including phenoxy) is 2. The van der Waals surface area contributed by atoms with Crippen molar-refractivity contribution in [2.75, 3.05) is 33.4 Å². The van der Waals surface area contributed by atoms with Gasteiger partial charge in [-0.2, -0.15) is 0 Å². The lowest BCUT2D eigenvalue weighted by Gasteiger charge is -2.26. The smallest absolute Gasteiger partial charge is 0.240 e. The zero-order valence-corrected chi connectivity index (χ0v) is 16.7. The molecule has 1 saturated heterocycles. The molecule has 2 aromatic carbocycles. The molecular weight excluding hydrogens is 388 g/mol. The lowest BCUT2D eigenvalue weighted by atomic mass is 10.1. The van der Waals surface area contributed by atoms with E-state index in [9.17, 15) is 8.42 Å². The quantitative estimate of drug-likeness (QED) is 0.760. The van der Waals surface area contributed by atoms with Crippen LogP contribution in [0.2, 0.25) is 5.02 Å². The van der Waals surface area contributed by atoms with Crippen LogP contribution in [0.5, 0.6) is 5.75 Å². The number of nitrogens with one attached hydrogen (secondary N) is 1. The highest BCUT2D eigenvalue weighted by atomic mass is 35.5. The molecule has 0 spiro atoms. The zero-order chi connectivity index (χ0) is 19.3. The highest BCUT2D eigenvalue weighted by molar-refractivity contribution is 7.89. The highest BCUT2D eigenvalue weighted by Crippen LogP contribution is 2.26. The molecule has 0 radical (unpaired) electrons. The van der Waals surface area contributed by atoms with Crippen LogP contribution in [-0.4, -0.2) is 46.7 Å². The molecule has 27 heavy (non-hydrogen) atoms. The van der Waals surface area contributed by atoms with Gasteiger partial charge >= 0.3 is 0 Å². The van der Waals surface area contributed by atoms with Crippen LogP contribution >= 0.6 is 11.6 Å². The Morgan fingerprint density at radius 1 is 1.11 bits per heavy atom. The van der Waals surface area contributed by atoms with Crippen molar-refractivity contribution in [1.82, 2.24) is 9.62 Å². The number of sulfonamides is 1. The summed E-state index contributed by atoms with van der Waals surface area (Å²) in [6, 6.07) is 12.3. The van der Waals surface area contributed by atoms with Gasteiger partial charge in [-0.05, 0) is 29.3 Å². The number of benzene rings is 2. The summed E-state index contributed by atoms with van der Waals surface area (Å²) >= 11 is 6.02. The molecule has 146 valence electrons. The topological polar surface area (TPSA) is 67.9 Å². The summed E-state index contributed by atoms with van der Waals surface area (Å²) in [4.78, 5) is 2.45. The third-order valence-corrected chi connectivity index (χ3v) is 6.13. The van der Waals surface area contributed by atoms with Crippen molar-refractivity contribution >= 4 is 21.6 Å². The van der Waals surface area contributed by atoms with Crippen molar-refractivity contribution in [1.29, 1.82) is 0 Å². The van der Waals surface area contributed by atoms with Crippen LogP contribution in [0, 0.1) is 0 Å². The first-order chi connectivity index (χ1) is 13.0. The number of hydrogen-bond acceptors (Lipinski definition) is 5. The van der Waals surface area contributed by atoms with Crippen LogP contribution in [-0.2, 0) is 27.8 Å². The zero-order valence-electron chi connectivity index (χ0n) is 15.2. The third-order valence-electron chi connectivity index (χ3n) is 4.43. The average Bonchev–Trinajstić information content (AvgIpc) is 2.68. The molecule has 1 aliphatic rings. The molecule has 0 bridgehead atoms. The fourth-order valence-electron chi connectivity index (χ4n) is 2.86. The van der Waals surface area contributed by atoms with E-state index in [4.69, 9.17) is 21.1 Å². The van der Waals surface area contributed by atoms with Gasteiger partial charge in [0.1, 0.15) is 5.75 Å². The predicted molar refractivity (Wildman–Crippen MR) is 105 cm³/mol. The van der Waals surface area contributed by atoms with E-state index in [-0.39, 0.29) is 16.5 Å². The number of hydrogen-bond donors (Lipinski definition) is 1. The van der Waals surface area contributed by atoms with Crippen LogP contribution < -0.4 is 9.46 Å². The van der Waals surface area contributed by atoms with Gasteiger partial charge in [0.25, 0.3) is 0 Å². The summed E-state index contributed by atoms with van der Waals surface area (Å²) < 4.78 is 37.9. The van der Waals surface area contributed by atoms with Crippen LogP contribution in [0.4, 0.5) is 0 Å². The van der Waals surface area contributed by atoms with Gasteiger partial charge in [-0.3, -0.25) is 4.90 Å². The fraction of sp³-hybridized carbons (Fsp3) is 0.368. The molecule has 0 amide bonds. The monoisotopic (exact) mass is 410 g/mol. The van der Waals surface area contributed by atoms with Crippen LogP contribution in [0.25, 0.3) is 0 Å². The molecule has 0 aliphatic carbocycles. The molecule has 2 aromatic rings. The Kier molecular flexibility index (Phi) is 6.73. The maximum absolute atomic E-state index is 12.5. The molecule has 0 atom stereocenters. The summed E-state index contributed by atoms with van der Waals surface area (Å²) in [6.07, 6.45) is 0. The molecule has 1 N–H and O–H groups in total. The van der Waals surface area contributed by atoms with E-state index in [0.29, 0.717) is 5.75 Å². The summed E-state index contributed by atoms with van der Waals surface area (Å²) in [5, 5.41) is 0.257. The summed E-state index contributed by atoms with van der Waals surface area (Å²) in [5.41, 5.74) is 2.09. The minimum absolute atomic E-state index is 0.109. The lowest BCUT2D eigenvalue weighted by molar-refractivity contribution is 0.0342. The van der Waals surface area contributed by atoms with Crippen LogP contribution in [0.1, 0.15) is 11.1 Å². The Morgan fingerprint density at radius 2 is 1.78 bits per heavy atom. The van der Waals surface area contributed by atoms with Crippen LogP contribution in [0.15, 0.2) is 47.4 Å². The van der Waals surface area contributed by atoms with Crippen molar-refractivity contribution < 1.29 is 17.9 Å². The van der Waals surface area contributed by atoms with Gasteiger partial charge in [0.05, 0.1) is 30.2 Å². The summed E-state index contributed by atoms with van der Waals surface area (Å²) in [6.45, 7) is 4.51. The molecule has 1 aliphatic heterocycles. The van der Waals surface area contributed by atoms with E-state index in [1.165, 1.54) is 30.9 Å². The number of rotatable bonds is 7. The predicted octanol–water partition coefficient (Wildman–Crippen LogP) is 2.66. The van der Waals surface area contributed by atoms with Crippen molar-refractivity contribution in [3.8, 4) is 5.75 Å². The Bertz CT molecular complexity index is 866. The van der Waals surface area contributed by atoms with E-state index in [1.807, 2.05) is 24.3 Å². The Morgan fingerprint density at radius 3 is 2.41 bits per heavy atom. The van der Waals surface area contributed by atoms with E-state index < -0.39 is 10.0 Å². The van der Waals surface area contributed by atoms with Crippen LogP contribution in [0.3, 0.4) is 0 Å². The van der Waals surface area contributed by atoms with Crippen molar-refractivity contribution in [3.63, 3.8) is 0 Å². The van der Waals surface area contributed by atoms with Crippen molar-refractivity contribution in [2.45, 2.75) is 18.0 Å². The minimum Gasteiger partial charge on any atom is -0.495 e. The Balaban J connectivity index is 1.59. The first-order valence-electron chi connectivity index (χ1n) is 8.69. The Labute approximate surface area is 165 Å². The van der Waals surface area contributed by atoms with Crippen molar-refractivity contribution in [2.24, 2.45) is 0 Å². The van der Waals surface area contributed by atoms with E-state index >= 15 is 0 Å². The second-order valence-electron chi connectivity index (χ2n) is 6.33. The molecule has 8 heteroatoms. The third kappa shape index (κ3) is 5.43. The second-order valence-corrected chi connectivity index (χ2v) is 8.50. The minimum atomic E-state index is -3.65. The number of morpholine rings is 1. The van der Waals surface area contributed by atoms with Gasteiger partial charge in [-0.1, -0.05) is 35.9 Å². The summed E-state index contributed by atoms with van der Waals surface area (Å²) in [5.74, 6) is 0.437. The molecule has 6 nitrogen and oxygen atoms in total.